The first-order valence-corrected chi connectivity index (χ1v) is 5.49. The van der Waals surface area contributed by atoms with Crippen LogP contribution in [0, 0.1) is 11.7 Å². The number of hydrogen-bond acceptors (Lipinski definition) is 2. The highest BCUT2D eigenvalue weighted by Crippen LogP contribution is 2.58. The van der Waals surface area contributed by atoms with E-state index in [9.17, 15) is 27.2 Å². The SMILES string of the molecule is O=C1NC(=O)C2(c3ccc(C(F)(F)F)cc3F)CC12. The molecule has 0 spiro atoms. The van der Waals surface area contributed by atoms with E-state index in [1.54, 1.807) is 0 Å². The lowest BCUT2D eigenvalue weighted by atomic mass is 9.92. The number of benzene rings is 1. The zero-order valence-corrected chi connectivity index (χ0v) is 9.34. The minimum absolute atomic E-state index is 0.145. The van der Waals surface area contributed by atoms with Gasteiger partial charge in [-0.1, -0.05) is 6.07 Å². The van der Waals surface area contributed by atoms with Crippen LogP contribution in [0.3, 0.4) is 0 Å². The molecule has 2 unspecified atom stereocenters. The summed E-state index contributed by atoms with van der Waals surface area (Å²) in [6, 6.07) is 2.02. The van der Waals surface area contributed by atoms with Gasteiger partial charge in [0.25, 0.3) is 0 Å². The lowest BCUT2D eigenvalue weighted by Crippen LogP contribution is -2.30. The first-order valence-electron chi connectivity index (χ1n) is 5.49. The molecule has 2 fully saturated rings. The van der Waals surface area contributed by atoms with Crippen LogP contribution in [-0.2, 0) is 21.2 Å². The number of carbonyl (C=O) groups excluding carboxylic acids is 2. The molecule has 1 saturated carbocycles. The zero-order chi connectivity index (χ0) is 14.0. The van der Waals surface area contributed by atoms with Crippen LogP contribution in [0.4, 0.5) is 17.6 Å². The Hall–Kier alpha value is -1.92. The number of amides is 2. The second-order valence-electron chi connectivity index (χ2n) is 4.74. The fraction of sp³-hybridized carbons (Fsp3) is 0.333. The maximum absolute atomic E-state index is 13.8. The third kappa shape index (κ3) is 1.50. The van der Waals surface area contributed by atoms with Gasteiger partial charge in [0, 0.05) is 5.56 Å². The highest BCUT2D eigenvalue weighted by atomic mass is 19.4. The van der Waals surface area contributed by atoms with Crippen LogP contribution >= 0.6 is 0 Å². The molecule has 2 atom stereocenters. The number of alkyl halides is 3. The average Bonchev–Trinajstić information content (AvgIpc) is 2.98. The molecule has 0 bridgehead atoms. The minimum Gasteiger partial charge on any atom is -0.295 e. The summed E-state index contributed by atoms with van der Waals surface area (Å²) in [5.74, 6) is -2.90. The number of carbonyl (C=O) groups is 2. The van der Waals surface area contributed by atoms with Gasteiger partial charge < -0.3 is 0 Å². The van der Waals surface area contributed by atoms with Crippen molar-refractivity contribution in [3.63, 3.8) is 0 Å². The number of nitrogens with one attached hydrogen (secondary N) is 1. The summed E-state index contributed by atoms with van der Waals surface area (Å²) in [4.78, 5) is 23.0. The second kappa shape index (κ2) is 3.34. The molecule has 1 saturated heterocycles. The molecule has 0 radical (unpaired) electrons. The lowest BCUT2D eigenvalue weighted by molar-refractivity contribution is -0.137. The predicted molar refractivity (Wildman–Crippen MR) is 54.3 cm³/mol. The van der Waals surface area contributed by atoms with Crippen LogP contribution in [0.2, 0.25) is 0 Å². The molecule has 19 heavy (non-hydrogen) atoms. The molecule has 1 heterocycles. The summed E-state index contributed by atoms with van der Waals surface area (Å²) >= 11 is 0. The summed E-state index contributed by atoms with van der Waals surface area (Å²) in [6.45, 7) is 0. The Labute approximate surface area is 104 Å². The van der Waals surface area contributed by atoms with Crippen molar-refractivity contribution >= 4 is 11.8 Å². The van der Waals surface area contributed by atoms with Crippen molar-refractivity contribution in [2.75, 3.05) is 0 Å². The molecule has 2 amide bonds. The number of imide groups is 1. The van der Waals surface area contributed by atoms with E-state index in [1.807, 2.05) is 0 Å². The van der Waals surface area contributed by atoms with Crippen LogP contribution in [0.15, 0.2) is 18.2 Å². The molecule has 3 nitrogen and oxygen atoms in total. The van der Waals surface area contributed by atoms with E-state index in [0.717, 1.165) is 12.1 Å². The largest absolute Gasteiger partial charge is 0.416 e. The van der Waals surface area contributed by atoms with E-state index < -0.39 is 40.7 Å². The molecule has 7 heteroatoms. The summed E-state index contributed by atoms with van der Waals surface area (Å²) in [7, 11) is 0. The maximum atomic E-state index is 13.8. The van der Waals surface area contributed by atoms with Gasteiger partial charge in [-0.3, -0.25) is 14.9 Å². The third-order valence-electron chi connectivity index (χ3n) is 3.70. The smallest absolute Gasteiger partial charge is 0.295 e. The molecule has 1 aliphatic carbocycles. The van der Waals surface area contributed by atoms with Crippen molar-refractivity contribution in [3.05, 3.63) is 35.1 Å². The van der Waals surface area contributed by atoms with E-state index in [-0.39, 0.29) is 12.0 Å². The number of piperidine rings is 1. The summed E-state index contributed by atoms with van der Waals surface area (Å²) in [5.41, 5.74) is -2.56. The Kier molecular flexibility index (Phi) is 2.13. The van der Waals surface area contributed by atoms with Gasteiger partial charge in [0.15, 0.2) is 0 Å². The molecule has 100 valence electrons. The summed E-state index contributed by atoms with van der Waals surface area (Å²) < 4.78 is 51.1. The van der Waals surface area contributed by atoms with Crippen molar-refractivity contribution in [1.82, 2.24) is 5.32 Å². The number of hydrogen-bond donors (Lipinski definition) is 1. The molecule has 1 aromatic rings. The molecular weight excluding hydrogens is 266 g/mol. The normalized spacial score (nSPS) is 29.2. The summed E-state index contributed by atoms with van der Waals surface area (Å²) in [6.07, 6.45) is -4.49. The fourth-order valence-corrected chi connectivity index (χ4v) is 2.61. The highest BCUT2D eigenvalue weighted by Gasteiger charge is 2.70. The Morgan fingerprint density at radius 3 is 2.37 bits per heavy atom. The van der Waals surface area contributed by atoms with Crippen LogP contribution in [0.5, 0.6) is 0 Å². The zero-order valence-electron chi connectivity index (χ0n) is 9.34. The predicted octanol–water partition coefficient (Wildman–Crippen LogP) is 1.76. The molecular formula is C12H7F4NO2. The third-order valence-corrected chi connectivity index (χ3v) is 3.70. The van der Waals surface area contributed by atoms with Gasteiger partial charge in [-0.05, 0) is 18.6 Å². The Morgan fingerprint density at radius 1 is 1.26 bits per heavy atom. The summed E-state index contributed by atoms with van der Waals surface area (Å²) in [5, 5.41) is 2.06. The van der Waals surface area contributed by atoms with Crippen molar-refractivity contribution < 1.29 is 27.2 Å². The van der Waals surface area contributed by atoms with E-state index in [4.69, 9.17) is 0 Å². The van der Waals surface area contributed by atoms with Crippen molar-refractivity contribution in [3.8, 4) is 0 Å². The fourth-order valence-electron chi connectivity index (χ4n) is 2.61. The number of fused-ring (bicyclic) bond motifs is 1. The molecule has 3 rings (SSSR count). The first-order chi connectivity index (χ1) is 8.76. The molecule has 1 aliphatic heterocycles. The highest BCUT2D eigenvalue weighted by molar-refractivity contribution is 6.15. The lowest BCUT2D eigenvalue weighted by Gasteiger charge is -2.13. The topological polar surface area (TPSA) is 46.2 Å². The van der Waals surface area contributed by atoms with E-state index in [1.165, 1.54) is 0 Å². The second-order valence-corrected chi connectivity index (χ2v) is 4.74. The first kappa shape index (κ1) is 12.1. The Bertz CT molecular complexity index is 610. The van der Waals surface area contributed by atoms with Crippen LogP contribution in [0.1, 0.15) is 17.5 Å². The standard InChI is InChI=1S/C12H7F4NO2/c13-8-3-5(12(14,15)16)1-2-6(8)11-4-7(11)9(18)17-10(11)19/h1-3,7H,4H2,(H,17,18,19). The van der Waals surface area contributed by atoms with Gasteiger partial charge in [-0.15, -0.1) is 0 Å². The van der Waals surface area contributed by atoms with E-state index in [0.29, 0.717) is 6.07 Å². The van der Waals surface area contributed by atoms with E-state index in [2.05, 4.69) is 5.32 Å². The minimum atomic E-state index is -4.65. The van der Waals surface area contributed by atoms with E-state index >= 15 is 0 Å². The van der Waals surface area contributed by atoms with Crippen LogP contribution in [0.25, 0.3) is 0 Å². The van der Waals surface area contributed by atoms with Gasteiger partial charge in [-0.2, -0.15) is 13.2 Å². The Balaban J connectivity index is 2.05. The number of rotatable bonds is 1. The van der Waals surface area contributed by atoms with Gasteiger partial charge in [0.1, 0.15) is 5.82 Å². The molecule has 1 N–H and O–H groups in total. The number of halogens is 4. The molecule has 2 aliphatic rings. The Morgan fingerprint density at radius 2 is 1.95 bits per heavy atom. The van der Waals surface area contributed by atoms with Crippen LogP contribution < -0.4 is 5.32 Å². The average molecular weight is 273 g/mol. The van der Waals surface area contributed by atoms with Gasteiger partial charge in [0.2, 0.25) is 11.8 Å². The maximum Gasteiger partial charge on any atom is 0.416 e. The van der Waals surface area contributed by atoms with Gasteiger partial charge in [-0.25, -0.2) is 4.39 Å². The van der Waals surface area contributed by atoms with Gasteiger partial charge in [0.05, 0.1) is 16.9 Å². The quantitative estimate of drug-likeness (QED) is 0.626. The molecule has 1 aromatic carbocycles. The van der Waals surface area contributed by atoms with Gasteiger partial charge >= 0.3 is 6.18 Å². The van der Waals surface area contributed by atoms with Crippen molar-refractivity contribution in [2.24, 2.45) is 5.92 Å². The van der Waals surface area contributed by atoms with Crippen molar-refractivity contribution in [1.29, 1.82) is 0 Å². The van der Waals surface area contributed by atoms with Crippen molar-refractivity contribution in [2.45, 2.75) is 18.0 Å². The van der Waals surface area contributed by atoms with Crippen LogP contribution in [-0.4, -0.2) is 11.8 Å². The molecule has 0 aromatic heterocycles. The monoisotopic (exact) mass is 273 g/mol.